The zero-order chi connectivity index (χ0) is 15.0. The molecule has 0 bridgehead atoms. The quantitative estimate of drug-likeness (QED) is 0.738. The molecule has 20 heavy (non-hydrogen) atoms. The number of hydrogen-bond donors (Lipinski definition) is 1. The monoisotopic (exact) mass is 278 g/mol. The van der Waals surface area contributed by atoms with Crippen LogP contribution in [0.1, 0.15) is 57.3 Å². The topological polar surface area (TPSA) is 46.5 Å². The first-order valence-electron chi connectivity index (χ1n) is 7.45. The zero-order valence-corrected chi connectivity index (χ0v) is 12.8. The Morgan fingerprint density at radius 1 is 1.25 bits per heavy atom. The first-order valence-corrected chi connectivity index (χ1v) is 7.45. The smallest absolute Gasteiger partial charge is 0.305 e. The van der Waals surface area contributed by atoms with Crippen molar-refractivity contribution in [2.75, 3.05) is 6.61 Å². The minimum atomic E-state index is -0.600. The molecule has 0 aromatic heterocycles. The van der Waals surface area contributed by atoms with Crippen LogP contribution in [-0.4, -0.2) is 17.7 Å². The summed E-state index contributed by atoms with van der Waals surface area (Å²) >= 11 is 0. The maximum Gasteiger partial charge on any atom is 0.305 e. The van der Waals surface area contributed by atoms with Crippen LogP contribution >= 0.6 is 0 Å². The van der Waals surface area contributed by atoms with Crippen LogP contribution < -0.4 is 0 Å². The van der Waals surface area contributed by atoms with Gasteiger partial charge in [0.15, 0.2) is 0 Å². The van der Waals surface area contributed by atoms with Gasteiger partial charge in [0.25, 0.3) is 0 Å². The van der Waals surface area contributed by atoms with E-state index in [9.17, 15) is 9.90 Å². The highest BCUT2D eigenvalue weighted by Crippen LogP contribution is 2.20. The van der Waals surface area contributed by atoms with Gasteiger partial charge in [-0.3, -0.25) is 4.79 Å². The van der Waals surface area contributed by atoms with Crippen molar-refractivity contribution < 1.29 is 14.6 Å². The van der Waals surface area contributed by atoms with Crippen LogP contribution in [0.15, 0.2) is 24.3 Å². The Bertz CT molecular complexity index is 395. The van der Waals surface area contributed by atoms with Crippen molar-refractivity contribution in [1.29, 1.82) is 0 Å². The summed E-state index contributed by atoms with van der Waals surface area (Å²) in [7, 11) is 0. The number of benzene rings is 1. The molecule has 112 valence electrons. The summed E-state index contributed by atoms with van der Waals surface area (Å²) in [6.07, 6.45) is 1.93. The van der Waals surface area contributed by atoms with E-state index in [1.54, 1.807) is 0 Å². The lowest BCUT2D eigenvalue weighted by Crippen LogP contribution is -2.08. The van der Waals surface area contributed by atoms with Gasteiger partial charge in [0.2, 0.25) is 0 Å². The third-order valence-electron chi connectivity index (χ3n) is 3.10. The molecule has 0 saturated carbocycles. The maximum absolute atomic E-state index is 11.4. The van der Waals surface area contributed by atoms with Gasteiger partial charge in [-0.2, -0.15) is 0 Å². The Hall–Kier alpha value is -1.35. The van der Waals surface area contributed by atoms with E-state index < -0.39 is 6.10 Å². The lowest BCUT2D eigenvalue weighted by atomic mass is 9.99. The number of carbonyl (C=O) groups excluding carboxylic acids is 1. The second-order valence-corrected chi connectivity index (χ2v) is 5.61. The lowest BCUT2D eigenvalue weighted by molar-refractivity contribution is -0.144. The summed E-state index contributed by atoms with van der Waals surface area (Å²) in [5.74, 6) is 0.390. The number of aliphatic hydroxyl groups excluding tert-OH is 1. The molecule has 0 spiro atoms. The Morgan fingerprint density at radius 2 is 1.90 bits per heavy atom. The largest absolute Gasteiger partial charge is 0.466 e. The van der Waals surface area contributed by atoms with Gasteiger partial charge in [0.05, 0.1) is 12.7 Å². The molecule has 3 nitrogen and oxygen atoms in total. The van der Waals surface area contributed by atoms with Crippen LogP contribution in [-0.2, 0) is 16.0 Å². The van der Waals surface area contributed by atoms with Crippen LogP contribution in [0.25, 0.3) is 0 Å². The Labute approximate surface area is 122 Å². The number of ether oxygens (including phenoxy) is 1. The fraction of sp³-hybridized carbons (Fsp3) is 0.588. The summed E-state index contributed by atoms with van der Waals surface area (Å²) in [5, 5.41) is 10.1. The third-order valence-corrected chi connectivity index (χ3v) is 3.10. The first-order chi connectivity index (χ1) is 9.52. The Balaban J connectivity index is 2.43. The molecule has 1 N–H and O–H groups in total. The molecule has 1 rings (SSSR count). The van der Waals surface area contributed by atoms with Crippen LogP contribution in [0, 0.1) is 5.92 Å². The molecule has 1 unspecified atom stereocenters. The van der Waals surface area contributed by atoms with E-state index in [4.69, 9.17) is 4.74 Å². The first kappa shape index (κ1) is 16.7. The van der Waals surface area contributed by atoms with Crippen molar-refractivity contribution in [3.8, 4) is 0 Å². The molecule has 1 aromatic carbocycles. The summed E-state index contributed by atoms with van der Waals surface area (Å²) < 4.78 is 4.99. The Morgan fingerprint density at radius 3 is 2.45 bits per heavy atom. The van der Waals surface area contributed by atoms with E-state index in [-0.39, 0.29) is 12.4 Å². The molecule has 0 amide bonds. The number of hydrogen-bond acceptors (Lipinski definition) is 3. The van der Waals surface area contributed by atoms with Crippen molar-refractivity contribution >= 4 is 5.97 Å². The van der Waals surface area contributed by atoms with Crippen molar-refractivity contribution in [3.63, 3.8) is 0 Å². The standard InChI is InChI=1S/C17H26O3/c1-4-11-20-17(19)10-9-16(18)15-7-5-14(6-8-15)12-13(2)3/h5-8,13,16,18H,4,9-12H2,1-3H3. The van der Waals surface area contributed by atoms with E-state index in [1.165, 1.54) is 5.56 Å². The molecule has 0 saturated heterocycles. The fourth-order valence-electron chi connectivity index (χ4n) is 2.06. The number of carbonyl (C=O) groups is 1. The van der Waals surface area contributed by atoms with Crippen LogP contribution in [0.3, 0.4) is 0 Å². The third kappa shape index (κ3) is 6.20. The van der Waals surface area contributed by atoms with Gasteiger partial charge in [-0.05, 0) is 36.3 Å². The van der Waals surface area contributed by atoms with Crippen molar-refractivity contribution in [2.45, 2.75) is 52.6 Å². The van der Waals surface area contributed by atoms with E-state index in [1.807, 2.05) is 31.2 Å². The second-order valence-electron chi connectivity index (χ2n) is 5.61. The maximum atomic E-state index is 11.4. The predicted octanol–water partition coefficient (Wildman–Crippen LogP) is 3.65. The highest BCUT2D eigenvalue weighted by Gasteiger charge is 2.11. The lowest BCUT2D eigenvalue weighted by Gasteiger charge is -2.12. The van der Waals surface area contributed by atoms with Crippen LogP contribution in [0.5, 0.6) is 0 Å². The van der Waals surface area contributed by atoms with Crippen molar-refractivity contribution in [2.24, 2.45) is 5.92 Å². The van der Waals surface area contributed by atoms with E-state index in [0.29, 0.717) is 18.9 Å². The number of aliphatic hydroxyl groups is 1. The number of rotatable bonds is 8. The summed E-state index contributed by atoms with van der Waals surface area (Å²) in [4.78, 5) is 11.4. The van der Waals surface area contributed by atoms with E-state index >= 15 is 0 Å². The van der Waals surface area contributed by atoms with E-state index in [2.05, 4.69) is 13.8 Å². The van der Waals surface area contributed by atoms with Gasteiger partial charge < -0.3 is 9.84 Å². The highest BCUT2D eigenvalue weighted by molar-refractivity contribution is 5.69. The molecule has 3 heteroatoms. The van der Waals surface area contributed by atoms with Crippen LogP contribution in [0.4, 0.5) is 0 Å². The molecule has 0 radical (unpaired) electrons. The average molecular weight is 278 g/mol. The van der Waals surface area contributed by atoms with Crippen molar-refractivity contribution in [3.05, 3.63) is 35.4 Å². The molecule has 1 atom stereocenters. The molecule has 0 fully saturated rings. The van der Waals surface area contributed by atoms with Gasteiger partial charge in [-0.25, -0.2) is 0 Å². The summed E-state index contributed by atoms with van der Waals surface area (Å²) in [6, 6.07) is 7.99. The SMILES string of the molecule is CCCOC(=O)CCC(O)c1ccc(CC(C)C)cc1. The van der Waals surface area contributed by atoms with E-state index in [0.717, 1.165) is 18.4 Å². The molecular formula is C17H26O3. The van der Waals surface area contributed by atoms with Crippen LogP contribution in [0.2, 0.25) is 0 Å². The summed E-state index contributed by atoms with van der Waals surface area (Å²) in [5.41, 5.74) is 2.14. The predicted molar refractivity (Wildman–Crippen MR) is 80.4 cm³/mol. The minimum absolute atomic E-state index is 0.234. The fourth-order valence-corrected chi connectivity index (χ4v) is 2.06. The van der Waals surface area contributed by atoms with Gasteiger partial charge in [0, 0.05) is 6.42 Å². The zero-order valence-electron chi connectivity index (χ0n) is 12.8. The van der Waals surface area contributed by atoms with Gasteiger partial charge in [0.1, 0.15) is 0 Å². The van der Waals surface area contributed by atoms with Gasteiger partial charge in [-0.15, -0.1) is 0 Å². The van der Waals surface area contributed by atoms with Crippen molar-refractivity contribution in [1.82, 2.24) is 0 Å². The second kappa shape index (κ2) is 8.75. The van der Waals surface area contributed by atoms with Gasteiger partial charge >= 0.3 is 5.97 Å². The molecule has 0 aliphatic rings. The highest BCUT2D eigenvalue weighted by atomic mass is 16.5. The summed E-state index contributed by atoms with van der Waals surface area (Å²) in [6.45, 7) is 6.79. The molecular weight excluding hydrogens is 252 g/mol. The molecule has 0 aliphatic heterocycles. The molecule has 0 aliphatic carbocycles. The normalized spacial score (nSPS) is 12.4. The molecule has 1 aromatic rings. The number of esters is 1. The average Bonchev–Trinajstić information content (AvgIpc) is 2.42. The Kier molecular flexibility index (Phi) is 7.31. The van der Waals surface area contributed by atoms with Gasteiger partial charge in [-0.1, -0.05) is 45.0 Å². The molecule has 0 heterocycles. The minimum Gasteiger partial charge on any atom is -0.466 e.